The SMILES string of the molecule is Cc1cc(C(=O)Nc2cc(N)cc(F)c2)ccc1Br. The minimum absolute atomic E-state index is 0.266. The highest BCUT2D eigenvalue weighted by atomic mass is 79.9. The van der Waals surface area contributed by atoms with E-state index in [-0.39, 0.29) is 11.6 Å². The van der Waals surface area contributed by atoms with Crippen molar-refractivity contribution in [3.8, 4) is 0 Å². The third-order valence-corrected chi connectivity index (χ3v) is 3.49. The van der Waals surface area contributed by atoms with E-state index in [1.807, 2.05) is 6.92 Å². The third kappa shape index (κ3) is 3.32. The molecule has 0 spiro atoms. The molecule has 19 heavy (non-hydrogen) atoms. The smallest absolute Gasteiger partial charge is 0.255 e. The fourth-order valence-corrected chi connectivity index (χ4v) is 1.92. The number of carbonyl (C=O) groups excluding carboxylic acids is 1. The van der Waals surface area contributed by atoms with E-state index in [0.717, 1.165) is 10.0 Å². The summed E-state index contributed by atoms with van der Waals surface area (Å²) < 4.78 is 14.1. The number of nitrogens with two attached hydrogens (primary N) is 1. The minimum atomic E-state index is -0.484. The molecule has 2 rings (SSSR count). The maximum absolute atomic E-state index is 13.2. The van der Waals surface area contributed by atoms with Crippen LogP contribution in [0.3, 0.4) is 0 Å². The van der Waals surface area contributed by atoms with Gasteiger partial charge in [0.25, 0.3) is 5.91 Å². The van der Waals surface area contributed by atoms with Crippen molar-refractivity contribution in [2.45, 2.75) is 6.92 Å². The van der Waals surface area contributed by atoms with Gasteiger partial charge in [0.15, 0.2) is 0 Å². The van der Waals surface area contributed by atoms with Gasteiger partial charge in [-0.2, -0.15) is 0 Å². The van der Waals surface area contributed by atoms with Gasteiger partial charge < -0.3 is 11.1 Å². The molecule has 0 aliphatic carbocycles. The van der Waals surface area contributed by atoms with Crippen molar-refractivity contribution in [1.29, 1.82) is 0 Å². The fourth-order valence-electron chi connectivity index (χ4n) is 1.67. The van der Waals surface area contributed by atoms with Crippen molar-refractivity contribution < 1.29 is 9.18 Å². The highest BCUT2D eigenvalue weighted by Crippen LogP contribution is 2.19. The Kier molecular flexibility index (Phi) is 3.85. The van der Waals surface area contributed by atoms with Crippen molar-refractivity contribution in [2.75, 3.05) is 11.1 Å². The Bertz CT molecular complexity index is 623. The Morgan fingerprint density at radius 2 is 2.00 bits per heavy atom. The van der Waals surface area contributed by atoms with E-state index in [0.29, 0.717) is 11.3 Å². The number of aryl methyl sites for hydroxylation is 1. The number of amides is 1. The van der Waals surface area contributed by atoms with Gasteiger partial charge in [0.1, 0.15) is 5.82 Å². The summed E-state index contributed by atoms with van der Waals surface area (Å²) in [4.78, 5) is 12.0. The summed E-state index contributed by atoms with van der Waals surface area (Å²) in [7, 11) is 0. The summed E-state index contributed by atoms with van der Waals surface area (Å²) in [5, 5.41) is 2.61. The van der Waals surface area contributed by atoms with Gasteiger partial charge in [-0.1, -0.05) is 15.9 Å². The second-order valence-corrected chi connectivity index (χ2v) is 5.05. The van der Waals surface area contributed by atoms with Crippen LogP contribution in [0.5, 0.6) is 0 Å². The Morgan fingerprint density at radius 3 is 2.63 bits per heavy atom. The number of nitrogens with one attached hydrogen (secondary N) is 1. The molecule has 0 aromatic heterocycles. The first-order valence-electron chi connectivity index (χ1n) is 5.59. The number of hydrogen-bond donors (Lipinski definition) is 2. The summed E-state index contributed by atoms with van der Waals surface area (Å²) in [5.74, 6) is -0.789. The fraction of sp³-hybridized carbons (Fsp3) is 0.0714. The molecule has 0 aliphatic heterocycles. The molecule has 0 fully saturated rings. The molecule has 1 amide bonds. The molecule has 2 aromatic carbocycles. The first-order chi connectivity index (χ1) is 8.95. The number of carbonyl (C=O) groups is 1. The summed E-state index contributed by atoms with van der Waals surface area (Å²) >= 11 is 3.37. The van der Waals surface area contributed by atoms with Gasteiger partial charge in [-0.05, 0) is 48.9 Å². The van der Waals surface area contributed by atoms with Gasteiger partial charge in [0, 0.05) is 21.4 Å². The van der Waals surface area contributed by atoms with Crippen LogP contribution in [0.1, 0.15) is 15.9 Å². The molecule has 0 saturated carbocycles. The number of anilines is 2. The topological polar surface area (TPSA) is 55.1 Å². The summed E-state index contributed by atoms with van der Waals surface area (Å²) in [6.07, 6.45) is 0. The maximum Gasteiger partial charge on any atom is 0.255 e. The standard InChI is InChI=1S/C14H12BrFN2O/c1-8-4-9(2-3-13(8)15)14(19)18-12-6-10(16)5-11(17)7-12/h2-7H,17H2,1H3,(H,18,19). The average Bonchev–Trinajstić information content (AvgIpc) is 2.31. The first-order valence-corrected chi connectivity index (χ1v) is 6.38. The van der Waals surface area contributed by atoms with E-state index >= 15 is 0 Å². The lowest BCUT2D eigenvalue weighted by molar-refractivity contribution is 0.102. The van der Waals surface area contributed by atoms with E-state index in [9.17, 15) is 9.18 Å². The van der Waals surface area contributed by atoms with Gasteiger partial charge in [-0.3, -0.25) is 4.79 Å². The van der Waals surface area contributed by atoms with Crippen molar-refractivity contribution in [3.63, 3.8) is 0 Å². The molecule has 0 unspecified atom stereocenters. The molecule has 0 atom stereocenters. The zero-order valence-electron chi connectivity index (χ0n) is 10.2. The highest BCUT2D eigenvalue weighted by Gasteiger charge is 2.08. The molecule has 0 aliphatic rings. The molecule has 2 aromatic rings. The predicted octanol–water partition coefficient (Wildman–Crippen LogP) is 3.73. The third-order valence-electron chi connectivity index (χ3n) is 2.60. The summed E-state index contributed by atoms with van der Waals surface area (Å²) in [6, 6.07) is 9.16. The normalized spacial score (nSPS) is 10.3. The van der Waals surface area contributed by atoms with Gasteiger partial charge in [-0.25, -0.2) is 4.39 Å². The van der Waals surface area contributed by atoms with E-state index < -0.39 is 5.82 Å². The lowest BCUT2D eigenvalue weighted by atomic mass is 10.1. The Labute approximate surface area is 118 Å². The van der Waals surface area contributed by atoms with Crippen LogP contribution in [0, 0.1) is 12.7 Å². The minimum Gasteiger partial charge on any atom is -0.399 e. The number of nitrogen functional groups attached to an aromatic ring is 1. The first kappa shape index (κ1) is 13.5. The summed E-state index contributed by atoms with van der Waals surface area (Å²) in [5.41, 5.74) is 7.58. The van der Waals surface area contributed by atoms with Crippen LogP contribution in [0.25, 0.3) is 0 Å². The Balaban J connectivity index is 2.22. The Hall–Kier alpha value is -1.88. The molecule has 3 nitrogen and oxygen atoms in total. The maximum atomic E-state index is 13.2. The monoisotopic (exact) mass is 322 g/mol. The second kappa shape index (κ2) is 5.40. The molecule has 0 saturated heterocycles. The quantitative estimate of drug-likeness (QED) is 0.828. The van der Waals surface area contributed by atoms with Gasteiger partial charge >= 0.3 is 0 Å². The summed E-state index contributed by atoms with van der Waals surface area (Å²) in [6.45, 7) is 1.89. The Morgan fingerprint density at radius 1 is 1.26 bits per heavy atom. The predicted molar refractivity (Wildman–Crippen MR) is 77.6 cm³/mol. The van der Waals surface area contributed by atoms with Crippen LogP contribution in [0.4, 0.5) is 15.8 Å². The van der Waals surface area contributed by atoms with Gasteiger partial charge in [0.05, 0.1) is 0 Å². The van der Waals surface area contributed by atoms with Crippen molar-refractivity contribution in [1.82, 2.24) is 0 Å². The second-order valence-electron chi connectivity index (χ2n) is 4.19. The lowest BCUT2D eigenvalue weighted by Gasteiger charge is -2.07. The zero-order valence-corrected chi connectivity index (χ0v) is 11.8. The number of benzene rings is 2. The molecule has 0 radical (unpaired) electrons. The largest absolute Gasteiger partial charge is 0.399 e. The van der Waals surface area contributed by atoms with E-state index in [1.54, 1.807) is 18.2 Å². The van der Waals surface area contributed by atoms with Crippen LogP contribution in [-0.2, 0) is 0 Å². The van der Waals surface area contributed by atoms with E-state index in [1.165, 1.54) is 18.2 Å². The number of rotatable bonds is 2. The highest BCUT2D eigenvalue weighted by molar-refractivity contribution is 9.10. The molecule has 5 heteroatoms. The van der Waals surface area contributed by atoms with Crippen LogP contribution >= 0.6 is 15.9 Å². The van der Waals surface area contributed by atoms with Crippen LogP contribution < -0.4 is 11.1 Å². The lowest BCUT2D eigenvalue weighted by Crippen LogP contribution is -2.12. The molecular weight excluding hydrogens is 311 g/mol. The van der Waals surface area contributed by atoms with Crippen LogP contribution in [0.2, 0.25) is 0 Å². The molecule has 0 heterocycles. The number of halogens is 2. The van der Waals surface area contributed by atoms with E-state index in [2.05, 4.69) is 21.2 Å². The van der Waals surface area contributed by atoms with Gasteiger partial charge in [-0.15, -0.1) is 0 Å². The van der Waals surface area contributed by atoms with Crippen molar-refractivity contribution >= 4 is 33.2 Å². The number of hydrogen-bond acceptors (Lipinski definition) is 2. The van der Waals surface area contributed by atoms with Crippen LogP contribution in [-0.4, -0.2) is 5.91 Å². The molecule has 3 N–H and O–H groups in total. The average molecular weight is 323 g/mol. The molecule has 0 bridgehead atoms. The van der Waals surface area contributed by atoms with Gasteiger partial charge in [0.2, 0.25) is 0 Å². The molecule has 98 valence electrons. The molecular formula is C14H12BrFN2O. The zero-order chi connectivity index (χ0) is 14.0. The van der Waals surface area contributed by atoms with Crippen molar-refractivity contribution in [2.24, 2.45) is 0 Å². The van der Waals surface area contributed by atoms with Crippen molar-refractivity contribution in [3.05, 3.63) is 57.8 Å². The van der Waals surface area contributed by atoms with E-state index in [4.69, 9.17) is 5.73 Å². The van der Waals surface area contributed by atoms with Crippen LogP contribution in [0.15, 0.2) is 40.9 Å².